The number of Topliss-reactive ketones (excluding diaryl/α,β-unsaturated/α-hetero) is 1. The van der Waals surface area contributed by atoms with Crippen molar-refractivity contribution in [2.75, 3.05) is 6.61 Å². The summed E-state index contributed by atoms with van der Waals surface area (Å²) < 4.78 is 10.7. The van der Waals surface area contributed by atoms with E-state index in [0.717, 1.165) is 24.0 Å². The number of carbonyl (C=O) groups is 2. The maximum absolute atomic E-state index is 11.9. The number of carbonyl (C=O) groups excluding carboxylic acids is 2. The average Bonchev–Trinajstić information content (AvgIpc) is 2.63. The maximum atomic E-state index is 11.9. The SMILES string of the molecule is O=C(COc1ccc(-c2ccccc2)cc1Cl)O[C@H]1CCCCC1=O. The van der Waals surface area contributed by atoms with Crippen molar-refractivity contribution in [1.29, 1.82) is 0 Å². The predicted octanol–water partition coefficient (Wildman–Crippen LogP) is 4.44. The van der Waals surface area contributed by atoms with Crippen molar-refractivity contribution in [3.8, 4) is 16.9 Å². The van der Waals surface area contributed by atoms with E-state index >= 15 is 0 Å². The Balaban J connectivity index is 1.58. The van der Waals surface area contributed by atoms with Gasteiger partial charge in [0.1, 0.15) is 5.75 Å². The molecule has 1 saturated carbocycles. The quantitative estimate of drug-likeness (QED) is 0.741. The Hall–Kier alpha value is -2.33. The Morgan fingerprint density at radius 1 is 1.08 bits per heavy atom. The number of ether oxygens (including phenoxy) is 2. The molecule has 0 unspecified atom stereocenters. The van der Waals surface area contributed by atoms with Crippen molar-refractivity contribution < 1.29 is 19.1 Å². The summed E-state index contributed by atoms with van der Waals surface area (Å²) in [5.41, 5.74) is 2.01. The van der Waals surface area contributed by atoms with Crippen LogP contribution >= 0.6 is 11.6 Å². The fraction of sp³-hybridized carbons (Fsp3) is 0.300. The third-order valence-corrected chi connectivity index (χ3v) is 4.45. The van der Waals surface area contributed by atoms with E-state index < -0.39 is 12.1 Å². The monoisotopic (exact) mass is 358 g/mol. The van der Waals surface area contributed by atoms with Gasteiger partial charge in [-0.05, 0) is 42.5 Å². The van der Waals surface area contributed by atoms with Gasteiger partial charge in [0.05, 0.1) is 5.02 Å². The summed E-state index contributed by atoms with van der Waals surface area (Å²) in [5, 5.41) is 0.419. The average molecular weight is 359 g/mol. The summed E-state index contributed by atoms with van der Waals surface area (Å²) in [7, 11) is 0. The van der Waals surface area contributed by atoms with Gasteiger partial charge in [-0.25, -0.2) is 4.79 Å². The van der Waals surface area contributed by atoms with Crippen molar-refractivity contribution in [2.45, 2.75) is 31.8 Å². The Labute approximate surface area is 151 Å². The lowest BCUT2D eigenvalue weighted by atomic mass is 9.96. The lowest BCUT2D eigenvalue weighted by molar-refractivity contribution is -0.158. The molecule has 0 saturated heterocycles. The van der Waals surface area contributed by atoms with Gasteiger partial charge in [-0.2, -0.15) is 0 Å². The van der Waals surface area contributed by atoms with Crippen LogP contribution in [0.4, 0.5) is 0 Å². The van der Waals surface area contributed by atoms with Crippen LogP contribution in [0.15, 0.2) is 48.5 Å². The van der Waals surface area contributed by atoms with Gasteiger partial charge in [0, 0.05) is 6.42 Å². The van der Waals surface area contributed by atoms with Crippen LogP contribution in [0.3, 0.4) is 0 Å². The normalized spacial score (nSPS) is 17.2. The molecule has 1 aliphatic carbocycles. The van der Waals surface area contributed by atoms with E-state index in [9.17, 15) is 9.59 Å². The van der Waals surface area contributed by atoms with E-state index in [0.29, 0.717) is 23.6 Å². The summed E-state index contributed by atoms with van der Waals surface area (Å²) in [4.78, 5) is 23.6. The molecule has 5 heteroatoms. The summed E-state index contributed by atoms with van der Waals surface area (Å²) in [6.45, 7) is -0.270. The second kappa shape index (κ2) is 8.17. The molecule has 2 aromatic rings. The van der Waals surface area contributed by atoms with Crippen LogP contribution in [0.5, 0.6) is 5.75 Å². The van der Waals surface area contributed by atoms with Gasteiger partial charge in [-0.3, -0.25) is 4.79 Å². The van der Waals surface area contributed by atoms with Crippen LogP contribution in [-0.4, -0.2) is 24.5 Å². The number of ketones is 1. The standard InChI is InChI=1S/C20H19ClO4/c21-16-12-15(14-6-2-1-3-7-14)10-11-18(16)24-13-20(23)25-19-9-5-4-8-17(19)22/h1-3,6-7,10-12,19H,4-5,8-9,13H2/t19-/m0/s1. The molecule has 1 fully saturated rings. The van der Waals surface area contributed by atoms with Gasteiger partial charge < -0.3 is 9.47 Å². The van der Waals surface area contributed by atoms with Gasteiger partial charge >= 0.3 is 5.97 Å². The van der Waals surface area contributed by atoms with Gasteiger partial charge in [0.2, 0.25) is 0 Å². The summed E-state index contributed by atoms with van der Waals surface area (Å²) >= 11 is 6.25. The molecule has 3 rings (SSSR count). The molecule has 0 amide bonds. The third-order valence-electron chi connectivity index (χ3n) is 4.16. The zero-order valence-electron chi connectivity index (χ0n) is 13.7. The minimum Gasteiger partial charge on any atom is -0.480 e. The first kappa shape index (κ1) is 17.5. The number of hydrogen-bond acceptors (Lipinski definition) is 4. The topological polar surface area (TPSA) is 52.6 Å². The van der Waals surface area contributed by atoms with E-state index in [2.05, 4.69) is 0 Å². The van der Waals surface area contributed by atoms with E-state index in [1.54, 1.807) is 12.1 Å². The molecular weight excluding hydrogens is 340 g/mol. The number of esters is 1. The molecule has 0 radical (unpaired) electrons. The van der Waals surface area contributed by atoms with Crippen LogP contribution < -0.4 is 4.74 Å². The highest BCUT2D eigenvalue weighted by Gasteiger charge is 2.25. The zero-order valence-corrected chi connectivity index (χ0v) is 14.5. The van der Waals surface area contributed by atoms with Gasteiger partial charge in [0.25, 0.3) is 0 Å². The molecule has 0 bridgehead atoms. The van der Waals surface area contributed by atoms with Crippen LogP contribution in [0.1, 0.15) is 25.7 Å². The van der Waals surface area contributed by atoms with Crippen LogP contribution in [0.25, 0.3) is 11.1 Å². The first-order valence-corrected chi connectivity index (χ1v) is 8.71. The first-order chi connectivity index (χ1) is 12.1. The summed E-state index contributed by atoms with van der Waals surface area (Å²) in [5.74, 6) is -0.151. The molecule has 0 aromatic heterocycles. The lowest BCUT2D eigenvalue weighted by Gasteiger charge is -2.20. The number of halogens is 1. The summed E-state index contributed by atoms with van der Waals surface area (Å²) in [6.07, 6.45) is 2.22. The highest BCUT2D eigenvalue weighted by Crippen LogP contribution is 2.30. The first-order valence-electron chi connectivity index (χ1n) is 8.33. The fourth-order valence-electron chi connectivity index (χ4n) is 2.83. The minimum atomic E-state index is -0.624. The maximum Gasteiger partial charge on any atom is 0.344 e. The second-order valence-electron chi connectivity index (χ2n) is 5.99. The Bertz CT molecular complexity index is 758. The Kier molecular flexibility index (Phi) is 5.71. The number of rotatable bonds is 5. The lowest BCUT2D eigenvalue weighted by Crippen LogP contribution is -2.32. The van der Waals surface area contributed by atoms with E-state index in [1.165, 1.54) is 0 Å². The molecule has 130 valence electrons. The second-order valence-corrected chi connectivity index (χ2v) is 6.40. The van der Waals surface area contributed by atoms with Crippen LogP contribution in [0.2, 0.25) is 5.02 Å². The molecule has 0 spiro atoms. The number of hydrogen-bond donors (Lipinski definition) is 0. The van der Waals surface area contributed by atoms with Crippen LogP contribution in [0, 0.1) is 0 Å². The van der Waals surface area contributed by atoms with Gasteiger partial charge in [-0.15, -0.1) is 0 Å². The molecule has 1 atom stereocenters. The molecule has 0 N–H and O–H groups in total. The van der Waals surface area contributed by atoms with Gasteiger partial charge in [0.15, 0.2) is 18.5 Å². The summed E-state index contributed by atoms with van der Waals surface area (Å²) in [6, 6.07) is 15.2. The van der Waals surface area contributed by atoms with Crippen LogP contribution in [-0.2, 0) is 14.3 Å². The van der Waals surface area contributed by atoms with E-state index in [-0.39, 0.29) is 12.4 Å². The van der Waals surface area contributed by atoms with Crippen molar-refractivity contribution in [3.05, 3.63) is 53.6 Å². The molecule has 2 aromatic carbocycles. The third kappa shape index (κ3) is 4.60. The molecule has 25 heavy (non-hydrogen) atoms. The van der Waals surface area contributed by atoms with Crippen molar-refractivity contribution >= 4 is 23.4 Å². The van der Waals surface area contributed by atoms with Crippen molar-refractivity contribution in [2.24, 2.45) is 0 Å². The van der Waals surface area contributed by atoms with Gasteiger partial charge in [-0.1, -0.05) is 48.0 Å². The number of benzene rings is 2. The minimum absolute atomic E-state index is 0.00940. The molecule has 0 aliphatic heterocycles. The molecule has 0 heterocycles. The molecular formula is C20H19ClO4. The fourth-order valence-corrected chi connectivity index (χ4v) is 3.07. The Morgan fingerprint density at radius 3 is 2.60 bits per heavy atom. The highest BCUT2D eigenvalue weighted by atomic mass is 35.5. The molecule has 1 aliphatic rings. The van der Waals surface area contributed by atoms with E-state index in [4.69, 9.17) is 21.1 Å². The largest absolute Gasteiger partial charge is 0.480 e. The smallest absolute Gasteiger partial charge is 0.344 e. The molecule has 4 nitrogen and oxygen atoms in total. The van der Waals surface area contributed by atoms with Crippen molar-refractivity contribution in [3.63, 3.8) is 0 Å². The van der Waals surface area contributed by atoms with Crippen molar-refractivity contribution in [1.82, 2.24) is 0 Å². The Morgan fingerprint density at radius 2 is 1.88 bits per heavy atom. The predicted molar refractivity (Wildman–Crippen MR) is 95.7 cm³/mol. The van der Waals surface area contributed by atoms with E-state index in [1.807, 2.05) is 36.4 Å². The zero-order chi connectivity index (χ0) is 17.6. The highest BCUT2D eigenvalue weighted by molar-refractivity contribution is 6.32.